The number of carbonyl (C=O) groups excluding carboxylic acids is 2. The predicted octanol–water partition coefficient (Wildman–Crippen LogP) is 3.06. The van der Waals surface area contributed by atoms with Crippen LogP contribution in [-0.2, 0) is 4.74 Å². The van der Waals surface area contributed by atoms with Crippen molar-refractivity contribution < 1.29 is 14.3 Å². The maximum absolute atomic E-state index is 12.4. The molecule has 7 nitrogen and oxygen atoms in total. The third-order valence-corrected chi connectivity index (χ3v) is 5.88. The minimum absolute atomic E-state index is 0.165. The van der Waals surface area contributed by atoms with E-state index < -0.39 is 0 Å². The Morgan fingerprint density at radius 2 is 2.15 bits per heavy atom. The number of hydrogen-bond acceptors (Lipinski definition) is 6. The summed E-state index contributed by atoms with van der Waals surface area (Å²) in [7, 11) is 0. The van der Waals surface area contributed by atoms with Gasteiger partial charge in [0.15, 0.2) is 0 Å². The van der Waals surface area contributed by atoms with Gasteiger partial charge in [0.05, 0.1) is 16.4 Å². The number of anilines is 1. The van der Waals surface area contributed by atoms with Crippen LogP contribution in [0.5, 0.6) is 0 Å². The Hall–Kier alpha value is -2.09. The lowest BCUT2D eigenvalue weighted by Gasteiger charge is -2.23. The van der Waals surface area contributed by atoms with Crippen LogP contribution in [0.2, 0.25) is 0 Å². The minimum atomic E-state index is -0.323. The highest BCUT2D eigenvalue weighted by atomic mass is 32.1. The van der Waals surface area contributed by atoms with Crippen LogP contribution in [-0.4, -0.2) is 54.9 Å². The van der Waals surface area contributed by atoms with E-state index in [-0.39, 0.29) is 12.0 Å². The van der Waals surface area contributed by atoms with Gasteiger partial charge in [-0.05, 0) is 25.8 Å². The van der Waals surface area contributed by atoms with Crippen LogP contribution in [0.15, 0.2) is 6.07 Å². The van der Waals surface area contributed by atoms with Gasteiger partial charge in [-0.2, -0.15) is 0 Å². The lowest BCUT2D eigenvalue weighted by Crippen LogP contribution is -2.35. The molecule has 2 amide bonds. The van der Waals surface area contributed by atoms with Gasteiger partial charge in [-0.1, -0.05) is 19.3 Å². The van der Waals surface area contributed by atoms with Gasteiger partial charge < -0.3 is 25.7 Å². The molecule has 0 radical (unpaired) electrons. The normalized spacial score (nSPS) is 17.9. The Balaban J connectivity index is 1.59. The molecule has 3 rings (SSSR count). The van der Waals surface area contributed by atoms with Crippen LogP contribution in [0.4, 0.5) is 9.80 Å². The fourth-order valence-corrected chi connectivity index (χ4v) is 4.45. The van der Waals surface area contributed by atoms with E-state index in [1.807, 2.05) is 0 Å². The van der Waals surface area contributed by atoms with Gasteiger partial charge in [-0.25, -0.2) is 4.79 Å². The summed E-state index contributed by atoms with van der Waals surface area (Å²) in [5.74, 6) is -0.165. The van der Waals surface area contributed by atoms with Crippen molar-refractivity contribution in [2.45, 2.75) is 45.1 Å². The van der Waals surface area contributed by atoms with E-state index in [4.69, 9.17) is 10.1 Å². The maximum Gasteiger partial charge on any atom is 0.409 e. The smallest absolute Gasteiger partial charge is 0.409 e. The van der Waals surface area contributed by atoms with Crippen LogP contribution >= 0.6 is 11.3 Å². The fourth-order valence-electron chi connectivity index (χ4n) is 3.34. The summed E-state index contributed by atoms with van der Waals surface area (Å²) in [6.07, 6.45) is 5.71. The molecule has 0 atom stereocenters. The number of rotatable bonds is 7. The van der Waals surface area contributed by atoms with Crippen molar-refractivity contribution in [2.24, 2.45) is 0 Å². The van der Waals surface area contributed by atoms with Crippen molar-refractivity contribution >= 4 is 34.0 Å². The van der Waals surface area contributed by atoms with E-state index >= 15 is 0 Å². The summed E-state index contributed by atoms with van der Waals surface area (Å²) in [4.78, 5) is 26.0. The molecule has 0 unspecified atom stereocenters. The Labute approximate surface area is 157 Å². The second kappa shape index (κ2) is 8.53. The molecule has 2 heterocycles. The summed E-state index contributed by atoms with van der Waals surface area (Å²) in [6.45, 7) is 3.56. The highest BCUT2D eigenvalue weighted by Gasteiger charge is 2.22. The van der Waals surface area contributed by atoms with Crippen LogP contribution in [0.3, 0.4) is 0 Å². The van der Waals surface area contributed by atoms with Crippen LogP contribution in [0, 0.1) is 5.41 Å². The summed E-state index contributed by atoms with van der Waals surface area (Å²) >= 11 is 1.40. The molecule has 1 saturated heterocycles. The Bertz CT molecular complexity index is 682. The third kappa shape index (κ3) is 4.55. The van der Waals surface area contributed by atoms with Crippen molar-refractivity contribution in [2.75, 3.05) is 31.6 Å². The van der Waals surface area contributed by atoms with Crippen molar-refractivity contribution in [3.63, 3.8) is 0 Å². The Kier molecular flexibility index (Phi) is 6.13. The van der Waals surface area contributed by atoms with Gasteiger partial charge in [0.1, 0.15) is 6.61 Å². The molecule has 8 heteroatoms. The topological polar surface area (TPSA) is 94.5 Å². The van der Waals surface area contributed by atoms with E-state index in [1.165, 1.54) is 30.6 Å². The van der Waals surface area contributed by atoms with E-state index in [0.29, 0.717) is 42.9 Å². The number of ether oxygens (including phenoxy) is 1. The molecule has 1 aliphatic carbocycles. The molecule has 2 fully saturated rings. The predicted molar refractivity (Wildman–Crippen MR) is 103 cm³/mol. The Morgan fingerprint density at radius 3 is 2.81 bits per heavy atom. The quantitative estimate of drug-likeness (QED) is 0.636. The Morgan fingerprint density at radius 1 is 1.38 bits per heavy atom. The zero-order chi connectivity index (χ0) is 18.5. The number of thiophene rings is 1. The van der Waals surface area contributed by atoms with Gasteiger partial charge in [0.2, 0.25) is 0 Å². The monoisotopic (exact) mass is 378 g/mol. The highest BCUT2D eigenvalue weighted by Crippen LogP contribution is 2.31. The summed E-state index contributed by atoms with van der Waals surface area (Å²) < 4.78 is 4.87. The van der Waals surface area contributed by atoms with Gasteiger partial charge in [0, 0.05) is 30.4 Å². The van der Waals surface area contributed by atoms with E-state index in [9.17, 15) is 9.59 Å². The number of nitrogens with one attached hydrogen (secondary N) is 3. The molecule has 142 valence electrons. The van der Waals surface area contributed by atoms with Gasteiger partial charge >= 0.3 is 6.09 Å². The average molecular weight is 378 g/mol. The molecule has 1 aromatic heterocycles. The van der Waals surface area contributed by atoms with Gasteiger partial charge in [0.25, 0.3) is 5.91 Å². The lowest BCUT2D eigenvalue weighted by atomic mass is 9.95. The van der Waals surface area contributed by atoms with E-state index in [2.05, 4.69) is 10.6 Å². The molecule has 1 saturated carbocycles. The first-order valence-corrected chi connectivity index (χ1v) is 10.0. The second-order valence-electron chi connectivity index (χ2n) is 6.82. The summed E-state index contributed by atoms with van der Waals surface area (Å²) in [5, 5.41) is 15.3. The second-order valence-corrected chi connectivity index (χ2v) is 7.87. The van der Waals surface area contributed by atoms with Crippen LogP contribution in [0.1, 0.15) is 54.3 Å². The van der Waals surface area contributed by atoms with Crippen molar-refractivity contribution in [3.05, 3.63) is 16.5 Å². The number of cyclic esters (lactones) is 1. The van der Waals surface area contributed by atoms with Gasteiger partial charge in [-0.3, -0.25) is 4.79 Å². The zero-order valence-corrected chi connectivity index (χ0v) is 15.9. The first-order chi connectivity index (χ1) is 12.5. The summed E-state index contributed by atoms with van der Waals surface area (Å²) in [6, 6.07) is 2.22. The number of carbonyl (C=O) groups is 2. The fraction of sp³-hybridized carbons (Fsp3) is 0.611. The highest BCUT2D eigenvalue weighted by molar-refractivity contribution is 7.18. The van der Waals surface area contributed by atoms with E-state index in [0.717, 1.165) is 23.4 Å². The van der Waals surface area contributed by atoms with Crippen LogP contribution in [0.25, 0.3) is 0 Å². The molecular weight excluding hydrogens is 352 g/mol. The molecule has 3 N–H and O–H groups in total. The molecule has 26 heavy (non-hydrogen) atoms. The largest absolute Gasteiger partial charge is 0.448 e. The molecule has 1 aliphatic heterocycles. The number of amides is 2. The molecule has 0 bridgehead atoms. The zero-order valence-electron chi connectivity index (χ0n) is 15.1. The maximum atomic E-state index is 12.4. The molecule has 0 spiro atoms. The van der Waals surface area contributed by atoms with Crippen molar-refractivity contribution in [1.82, 2.24) is 10.2 Å². The molecule has 0 aromatic carbocycles. The SMILES string of the molecule is CC(=N)c1cc(C(=O)NCCN2CCOC2=O)sc1NC1CCCCC1. The number of hydrogen-bond donors (Lipinski definition) is 3. The molecular formula is C18H26N4O3S. The molecule has 1 aromatic rings. The lowest BCUT2D eigenvalue weighted by molar-refractivity contribution is 0.0953. The average Bonchev–Trinajstić information content (AvgIpc) is 3.22. The first kappa shape index (κ1) is 18.7. The first-order valence-electron chi connectivity index (χ1n) is 9.20. The number of nitrogens with zero attached hydrogens (tertiary/aromatic N) is 1. The molecule has 2 aliphatic rings. The standard InChI is InChI=1S/C18H26N4O3S/c1-12(19)14-11-15(26-17(14)21-13-5-3-2-4-6-13)16(23)20-7-8-22-9-10-25-18(22)24/h11,13,19,21H,2-10H2,1H3,(H,20,23). The third-order valence-electron chi connectivity index (χ3n) is 4.81. The van der Waals surface area contributed by atoms with E-state index in [1.54, 1.807) is 17.9 Å². The van der Waals surface area contributed by atoms with Gasteiger partial charge in [-0.15, -0.1) is 11.3 Å². The van der Waals surface area contributed by atoms with Crippen molar-refractivity contribution in [3.8, 4) is 0 Å². The minimum Gasteiger partial charge on any atom is -0.448 e. The van der Waals surface area contributed by atoms with Crippen LogP contribution < -0.4 is 10.6 Å². The van der Waals surface area contributed by atoms with Crippen molar-refractivity contribution in [1.29, 1.82) is 5.41 Å². The summed E-state index contributed by atoms with van der Waals surface area (Å²) in [5.41, 5.74) is 1.26.